The van der Waals surface area contributed by atoms with Crippen molar-refractivity contribution in [3.05, 3.63) is 24.0 Å². The van der Waals surface area contributed by atoms with Crippen molar-refractivity contribution in [2.75, 3.05) is 7.05 Å². The van der Waals surface area contributed by atoms with Crippen molar-refractivity contribution in [1.29, 1.82) is 0 Å². The molecule has 2 aliphatic rings. The number of nitrogens with zero attached hydrogens (tertiary/aromatic N) is 2. The van der Waals surface area contributed by atoms with Crippen LogP contribution in [0.3, 0.4) is 0 Å². The van der Waals surface area contributed by atoms with Crippen LogP contribution in [0.1, 0.15) is 44.2 Å². The predicted molar refractivity (Wildman–Crippen MR) is 103 cm³/mol. The highest BCUT2D eigenvalue weighted by Crippen LogP contribution is 2.41. The molecule has 0 spiro atoms. The Hall–Kier alpha value is -0.720. The van der Waals surface area contributed by atoms with Crippen LogP contribution in [0.25, 0.3) is 0 Å². The van der Waals surface area contributed by atoms with E-state index in [9.17, 15) is 0 Å². The Morgan fingerprint density at radius 2 is 2.09 bits per heavy atom. The summed E-state index contributed by atoms with van der Waals surface area (Å²) >= 11 is 0. The summed E-state index contributed by atoms with van der Waals surface area (Å²) < 4.78 is 2.14. The Morgan fingerprint density at radius 3 is 2.82 bits per heavy atom. The number of rotatable bonds is 3. The Morgan fingerprint density at radius 1 is 1.27 bits per heavy atom. The van der Waals surface area contributed by atoms with Crippen LogP contribution in [-0.2, 0) is 13.6 Å². The van der Waals surface area contributed by atoms with Crippen LogP contribution in [0.2, 0.25) is 0 Å². The highest BCUT2D eigenvalue weighted by Gasteiger charge is 2.33. The maximum atomic E-state index is 4.38. The second kappa shape index (κ2) is 8.22. The Balaban J connectivity index is 0.00000176. The molecule has 3 rings (SSSR count). The van der Waals surface area contributed by atoms with Crippen LogP contribution in [-0.4, -0.2) is 23.6 Å². The first-order chi connectivity index (χ1) is 10.3. The SMILES string of the molecule is CN=C(NCc1cccn1C)NC1CCC2CCCC2C1.I. The van der Waals surface area contributed by atoms with Crippen LogP contribution in [0, 0.1) is 11.8 Å². The Bertz CT molecular complexity index is 497. The van der Waals surface area contributed by atoms with Gasteiger partial charge in [0.1, 0.15) is 0 Å². The minimum absolute atomic E-state index is 0. The van der Waals surface area contributed by atoms with Gasteiger partial charge in [-0.1, -0.05) is 19.3 Å². The number of guanidine groups is 1. The smallest absolute Gasteiger partial charge is 0.191 e. The standard InChI is InChI=1S/C17H28N4.HI/c1-18-17(19-12-16-7-4-10-21(16)2)20-15-9-8-13-5-3-6-14(13)11-15;/h4,7,10,13-15H,3,5-6,8-9,11-12H2,1-2H3,(H2,18,19,20);1H. The molecule has 2 N–H and O–H groups in total. The van der Waals surface area contributed by atoms with E-state index < -0.39 is 0 Å². The second-order valence-electron chi connectivity index (χ2n) is 6.64. The van der Waals surface area contributed by atoms with E-state index in [2.05, 4.69) is 45.6 Å². The van der Waals surface area contributed by atoms with Crippen molar-refractivity contribution in [2.24, 2.45) is 23.9 Å². The first kappa shape index (κ1) is 17.6. The van der Waals surface area contributed by atoms with Crippen molar-refractivity contribution in [3.63, 3.8) is 0 Å². The van der Waals surface area contributed by atoms with E-state index in [0.717, 1.165) is 24.3 Å². The summed E-state index contributed by atoms with van der Waals surface area (Å²) in [5.74, 6) is 2.92. The predicted octanol–water partition coefficient (Wildman–Crippen LogP) is 3.28. The number of aliphatic imine (C=N–C) groups is 1. The van der Waals surface area contributed by atoms with Gasteiger partial charge in [0, 0.05) is 32.0 Å². The van der Waals surface area contributed by atoms with Gasteiger partial charge in [-0.05, 0) is 43.2 Å². The molecule has 1 heterocycles. The molecule has 0 aliphatic heterocycles. The van der Waals surface area contributed by atoms with Gasteiger partial charge in [0.05, 0.1) is 6.54 Å². The van der Waals surface area contributed by atoms with Crippen LogP contribution in [0.4, 0.5) is 0 Å². The lowest BCUT2D eigenvalue weighted by Crippen LogP contribution is -2.45. The van der Waals surface area contributed by atoms with Crippen molar-refractivity contribution >= 4 is 29.9 Å². The largest absolute Gasteiger partial charge is 0.354 e. The van der Waals surface area contributed by atoms with Crippen molar-refractivity contribution in [1.82, 2.24) is 15.2 Å². The first-order valence-electron chi connectivity index (χ1n) is 8.33. The Kier molecular flexibility index (Phi) is 6.59. The zero-order chi connectivity index (χ0) is 14.7. The van der Waals surface area contributed by atoms with Crippen molar-refractivity contribution < 1.29 is 0 Å². The van der Waals surface area contributed by atoms with Gasteiger partial charge in [0.15, 0.2) is 5.96 Å². The summed E-state index contributed by atoms with van der Waals surface area (Å²) in [6.45, 7) is 0.821. The molecule has 0 amide bonds. The van der Waals surface area contributed by atoms with Gasteiger partial charge in [-0.2, -0.15) is 0 Å². The third kappa shape index (κ3) is 4.18. The number of aryl methyl sites for hydroxylation is 1. The minimum atomic E-state index is 0. The molecule has 3 atom stereocenters. The van der Waals surface area contributed by atoms with Crippen LogP contribution in [0.15, 0.2) is 23.3 Å². The van der Waals surface area contributed by atoms with E-state index in [1.807, 2.05) is 7.05 Å². The lowest BCUT2D eigenvalue weighted by Gasteiger charge is -2.33. The molecule has 0 radical (unpaired) electrons. The number of hydrogen-bond acceptors (Lipinski definition) is 1. The molecule has 0 bridgehead atoms. The zero-order valence-corrected chi connectivity index (χ0v) is 16.0. The van der Waals surface area contributed by atoms with Crippen molar-refractivity contribution in [3.8, 4) is 0 Å². The summed E-state index contributed by atoms with van der Waals surface area (Å²) in [6, 6.07) is 4.82. The quantitative estimate of drug-likeness (QED) is 0.451. The molecular weight excluding hydrogens is 387 g/mol. The van der Waals surface area contributed by atoms with E-state index in [4.69, 9.17) is 0 Å². The summed E-state index contributed by atoms with van der Waals surface area (Å²) in [5.41, 5.74) is 1.28. The minimum Gasteiger partial charge on any atom is -0.354 e. The average molecular weight is 416 g/mol. The summed E-state index contributed by atoms with van der Waals surface area (Å²) in [5, 5.41) is 7.07. The average Bonchev–Trinajstić information content (AvgIpc) is 3.11. The maximum absolute atomic E-state index is 4.38. The van der Waals surface area contributed by atoms with E-state index in [-0.39, 0.29) is 24.0 Å². The third-order valence-electron chi connectivity index (χ3n) is 5.34. The van der Waals surface area contributed by atoms with Gasteiger partial charge < -0.3 is 15.2 Å². The molecule has 1 aromatic rings. The number of nitrogens with one attached hydrogen (secondary N) is 2. The third-order valence-corrected chi connectivity index (χ3v) is 5.34. The fourth-order valence-electron chi connectivity index (χ4n) is 4.08. The van der Waals surface area contributed by atoms with E-state index in [1.165, 1.54) is 44.2 Å². The van der Waals surface area contributed by atoms with Gasteiger partial charge >= 0.3 is 0 Å². The van der Waals surface area contributed by atoms with Gasteiger partial charge in [-0.15, -0.1) is 24.0 Å². The maximum Gasteiger partial charge on any atom is 0.191 e. The van der Waals surface area contributed by atoms with Gasteiger partial charge in [-0.3, -0.25) is 4.99 Å². The summed E-state index contributed by atoms with van der Waals surface area (Å²) in [7, 11) is 3.94. The fourth-order valence-corrected chi connectivity index (χ4v) is 4.08. The topological polar surface area (TPSA) is 41.4 Å². The number of fused-ring (bicyclic) bond motifs is 1. The van der Waals surface area contributed by atoms with E-state index >= 15 is 0 Å². The molecule has 124 valence electrons. The molecule has 22 heavy (non-hydrogen) atoms. The monoisotopic (exact) mass is 416 g/mol. The van der Waals surface area contributed by atoms with E-state index in [0.29, 0.717) is 6.04 Å². The molecule has 5 heteroatoms. The van der Waals surface area contributed by atoms with Crippen LogP contribution < -0.4 is 10.6 Å². The lowest BCUT2D eigenvalue weighted by molar-refractivity contribution is 0.239. The van der Waals surface area contributed by atoms with E-state index in [1.54, 1.807) is 0 Å². The molecule has 2 aliphatic carbocycles. The van der Waals surface area contributed by atoms with Gasteiger partial charge in [-0.25, -0.2) is 0 Å². The molecule has 2 saturated carbocycles. The number of aromatic nitrogens is 1. The lowest BCUT2D eigenvalue weighted by atomic mass is 9.79. The second-order valence-corrected chi connectivity index (χ2v) is 6.64. The molecule has 3 unspecified atom stereocenters. The molecule has 4 nitrogen and oxygen atoms in total. The fraction of sp³-hybridized carbons (Fsp3) is 0.706. The summed E-state index contributed by atoms with van der Waals surface area (Å²) in [6.07, 6.45) is 10.5. The highest BCUT2D eigenvalue weighted by atomic mass is 127. The Labute approximate surface area is 151 Å². The number of halogens is 1. The molecule has 2 fully saturated rings. The number of hydrogen-bond donors (Lipinski definition) is 2. The van der Waals surface area contributed by atoms with Gasteiger partial charge in [0.25, 0.3) is 0 Å². The van der Waals surface area contributed by atoms with Crippen molar-refractivity contribution in [2.45, 2.75) is 51.1 Å². The molecule has 0 saturated heterocycles. The summed E-state index contributed by atoms with van der Waals surface area (Å²) in [4.78, 5) is 4.38. The first-order valence-corrected chi connectivity index (χ1v) is 8.33. The normalized spacial score (nSPS) is 27.9. The highest BCUT2D eigenvalue weighted by molar-refractivity contribution is 14.0. The van der Waals surface area contributed by atoms with Crippen LogP contribution >= 0.6 is 24.0 Å². The molecule has 0 aromatic carbocycles. The molecular formula is C17H29IN4. The molecule has 1 aromatic heterocycles. The zero-order valence-electron chi connectivity index (χ0n) is 13.7. The van der Waals surface area contributed by atoms with Gasteiger partial charge in [0.2, 0.25) is 0 Å². The van der Waals surface area contributed by atoms with Crippen LogP contribution in [0.5, 0.6) is 0 Å².